The molecule has 7 nitrogen and oxygen atoms in total. The molecule has 0 aliphatic heterocycles. The molecular weight excluding hydrogens is 358 g/mol. The Bertz CT molecular complexity index is 648. The normalized spacial score (nSPS) is 10.4. The lowest BCUT2D eigenvalue weighted by Gasteiger charge is -2.17. The van der Waals surface area contributed by atoms with Gasteiger partial charge in [-0.1, -0.05) is 0 Å². The highest BCUT2D eigenvalue weighted by Crippen LogP contribution is 2.28. The summed E-state index contributed by atoms with van der Waals surface area (Å²) < 4.78 is 1.00. The molecule has 0 atom stereocenters. The number of nitrogens with zero attached hydrogens (tertiary/aromatic N) is 4. The molecule has 0 saturated carbocycles. The number of aromatic nitrogens is 2. The van der Waals surface area contributed by atoms with Gasteiger partial charge in [-0.15, -0.1) is 11.3 Å². The van der Waals surface area contributed by atoms with Crippen LogP contribution in [-0.2, 0) is 6.54 Å². The van der Waals surface area contributed by atoms with Gasteiger partial charge in [-0.3, -0.25) is 10.1 Å². The van der Waals surface area contributed by atoms with E-state index in [0.717, 1.165) is 9.35 Å². The lowest BCUT2D eigenvalue weighted by molar-refractivity contribution is -0.384. The lowest BCUT2D eigenvalue weighted by atomic mass is 10.4. The fraction of sp³-hybridized carbons (Fsp3) is 0.333. The van der Waals surface area contributed by atoms with Crippen LogP contribution in [0.5, 0.6) is 0 Å². The van der Waals surface area contributed by atoms with Crippen LogP contribution >= 0.6 is 27.3 Å². The number of thiophene rings is 1. The molecule has 0 spiro atoms. The fourth-order valence-corrected chi connectivity index (χ4v) is 3.27. The van der Waals surface area contributed by atoms with Crippen LogP contribution in [0, 0.1) is 10.1 Å². The minimum atomic E-state index is -0.466. The second-order valence-corrected chi connectivity index (χ2v) is 6.19. The Morgan fingerprint density at radius 3 is 2.90 bits per heavy atom. The third-order valence-corrected chi connectivity index (χ3v) is 4.34. The average Bonchev–Trinajstić information content (AvgIpc) is 2.84. The molecule has 2 aromatic rings. The van der Waals surface area contributed by atoms with Gasteiger partial charge >= 0.3 is 5.69 Å². The topological polar surface area (TPSA) is 84.2 Å². The van der Waals surface area contributed by atoms with Crippen LogP contribution in [0.2, 0.25) is 0 Å². The maximum Gasteiger partial charge on any atom is 0.329 e. The summed E-state index contributed by atoms with van der Waals surface area (Å²) in [6.45, 7) is 3.11. The van der Waals surface area contributed by atoms with Gasteiger partial charge in [-0.25, -0.2) is 4.98 Å². The molecule has 2 heterocycles. The van der Waals surface area contributed by atoms with Crippen molar-refractivity contribution in [3.05, 3.63) is 37.1 Å². The molecule has 1 N–H and O–H groups in total. The standard InChI is InChI=1S/C12H14BrN5O2S/c1-3-14-12-15-5-10(18(19)20)11(16-12)17(2)6-9-4-8(13)7-21-9/h4-5,7H,3,6H2,1-2H3,(H,14,15,16). The number of halogens is 1. The van der Waals surface area contributed by atoms with Crippen molar-refractivity contribution in [3.63, 3.8) is 0 Å². The summed E-state index contributed by atoms with van der Waals surface area (Å²) in [5.74, 6) is 0.688. The van der Waals surface area contributed by atoms with E-state index in [4.69, 9.17) is 0 Å². The van der Waals surface area contributed by atoms with E-state index in [0.29, 0.717) is 24.9 Å². The first-order valence-corrected chi connectivity index (χ1v) is 7.88. The van der Waals surface area contributed by atoms with Crippen LogP contribution in [0.1, 0.15) is 11.8 Å². The maximum absolute atomic E-state index is 11.1. The van der Waals surface area contributed by atoms with E-state index in [1.54, 1.807) is 23.3 Å². The van der Waals surface area contributed by atoms with Crippen LogP contribution in [0.4, 0.5) is 17.5 Å². The highest BCUT2D eigenvalue weighted by Gasteiger charge is 2.21. The van der Waals surface area contributed by atoms with Crippen molar-refractivity contribution in [1.29, 1.82) is 0 Å². The number of nitro groups is 1. The Morgan fingerprint density at radius 1 is 1.57 bits per heavy atom. The van der Waals surface area contributed by atoms with Gasteiger partial charge in [0.15, 0.2) is 0 Å². The summed E-state index contributed by atoms with van der Waals surface area (Å²) >= 11 is 4.98. The molecule has 21 heavy (non-hydrogen) atoms. The molecule has 0 fully saturated rings. The van der Waals surface area contributed by atoms with E-state index in [-0.39, 0.29) is 5.69 Å². The van der Waals surface area contributed by atoms with Crippen molar-refractivity contribution in [3.8, 4) is 0 Å². The largest absolute Gasteiger partial charge is 0.354 e. The Balaban J connectivity index is 2.30. The van der Waals surface area contributed by atoms with Gasteiger partial charge < -0.3 is 10.2 Å². The molecule has 0 aliphatic rings. The Hall–Kier alpha value is -1.74. The Kier molecular flexibility index (Phi) is 5.07. The van der Waals surface area contributed by atoms with Gasteiger partial charge in [0.05, 0.1) is 11.5 Å². The monoisotopic (exact) mass is 371 g/mol. The van der Waals surface area contributed by atoms with Crippen LogP contribution in [0.3, 0.4) is 0 Å². The van der Waals surface area contributed by atoms with Gasteiger partial charge in [0.2, 0.25) is 11.8 Å². The van der Waals surface area contributed by atoms with Gasteiger partial charge in [-0.05, 0) is 28.9 Å². The van der Waals surface area contributed by atoms with Crippen molar-refractivity contribution in [1.82, 2.24) is 9.97 Å². The summed E-state index contributed by atoms with van der Waals surface area (Å²) in [6, 6.07) is 1.99. The number of anilines is 2. The quantitative estimate of drug-likeness (QED) is 0.619. The SMILES string of the molecule is CCNc1ncc([N+](=O)[O-])c(N(C)Cc2cc(Br)cs2)n1. The molecule has 0 unspecified atom stereocenters. The predicted molar refractivity (Wildman–Crippen MR) is 87.0 cm³/mol. The average molecular weight is 372 g/mol. The van der Waals surface area contributed by atoms with Crippen molar-refractivity contribution in [2.24, 2.45) is 0 Å². The number of hydrogen-bond donors (Lipinski definition) is 1. The molecule has 9 heteroatoms. The molecule has 0 aromatic carbocycles. The molecule has 0 radical (unpaired) electrons. The summed E-state index contributed by atoms with van der Waals surface area (Å²) in [7, 11) is 1.78. The summed E-state index contributed by atoms with van der Waals surface area (Å²) in [5, 5.41) is 16.1. The van der Waals surface area contributed by atoms with Gasteiger partial charge in [0.25, 0.3) is 0 Å². The number of nitrogens with one attached hydrogen (secondary N) is 1. The fourth-order valence-electron chi connectivity index (χ4n) is 1.76. The smallest absolute Gasteiger partial charge is 0.329 e. The molecule has 0 amide bonds. The summed E-state index contributed by atoms with van der Waals surface area (Å²) in [6.07, 6.45) is 1.24. The van der Waals surface area contributed by atoms with Gasteiger partial charge in [0, 0.05) is 28.3 Å². The first-order valence-electron chi connectivity index (χ1n) is 6.20. The van der Waals surface area contributed by atoms with Gasteiger partial charge in [-0.2, -0.15) is 4.98 Å². The van der Waals surface area contributed by atoms with Crippen molar-refractivity contribution < 1.29 is 4.92 Å². The van der Waals surface area contributed by atoms with Crippen molar-refractivity contribution in [2.45, 2.75) is 13.5 Å². The molecular formula is C12H14BrN5O2S. The third-order valence-electron chi connectivity index (χ3n) is 2.66. The summed E-state index contributed by atoms with van der Waals surface area (Å²) in [5.41, 5.74) is -0.102. The maximum atomic E-state index is 11.1. The minimum absolute atomic E-state index is 0.102. The molecule has 2 aromatic heterocycles. The van der Waals surface area contributed by atoms with Gasteiger partial charge in [0.1, 0.15) is 6.20 Å². The highest BCUT2D eigenvalue weighted by molar-refractivity contribution is 9.10. The van der Waals surface area contributed by atoms with Crippen LogP contribution in [0.15, 0.2) is 22.1 Å². The van der Waals surface area contributed by atoms with E-state index < -0.39 is 4.92 Å². The number of rotatable bonds is 6. The summed E-state index contributed by atoms with van der Waals surface area (Å²) in [4.78, 5) is 21.7. The zero-order valence-electron chi connectivity index (χ0n) is 11.5. The molecule has 0 saturated heterocycles. The predicted octanol–water partition coefficient (Wildman–Crippen LogP) is 3.28. The van der Waals surface area contributed by atoms with E-state index in [2.05, 4.69) is 31.2 Å². The minimum Gasteiger partial charge on any atom is -0.354 e. The highest BCUT2D eigenvalue weighted by atomic mass is 79.9. The third kappa shape index (κ3) is 3.88. The van der Waals surface area contributed by atoms with Crippen molar-refractivity contribution in [2.75, 3.05) is 23.8 Å². The molecule has 0 bridgehead atoms. The van der Waals surface area contributed by atoms with E-state index in [9.17, 15) is 10.1 Å². The Morgan fingerprint density at radius 2 is 2.33 bits per heavy atom. The van der Waals surface area contributed by atoms with Crippen LogP contribution < -0.4 is 10.2 Å². The number of hydrogen-bond acceptors (Lipinski definition) is 7. The first kappa shape index (κ1) is 15.6. The molecule has 2 rings (SSSR count). The lowest BCUT2D eigenvalue weighted by Crippen LogP contribution is -2.19. The van der Waals surface area contributed by atoms with E-state index in [1.165, 1.54) is 6.20 Å². The molecule has 112 valence electrons. The van der Waals surface area contributed by atoms with Crippen LogP contribution in [-0.4, -0.2) is 28.5 Å². The molecule has 0 aliphatic carbocycles. The van der Waals surface area contributed by atoms with E-state index in [1.807, 2.05) is 18.4 Å². The van der Waals surface area contributed by atoms with E-state index >= 15 is 0 Å². The second-order valence-electron chi connectivity index (χ2n) is 4.28. The second kappa shape index (κ2) is 6.81. The first-order chi connectivity index (χ1) is 10.0. The zero-order valence-corrected chi connectivity index (χ0v) is 13.9. The van der Waals surface area contributed by atoms with Crippen LogP contribution in [0.25, 0.3) is 0 Å². The Labute approximate surface area is 134 Å². The van der Waals surface area contributed by atoms with Crippen molar-refractivity contribution >= 4 is 44.7 Å². The zero-order chi connectivity index (χ0) is 15.4.